The molecule has 6 heteroatoms. The fraction of sp³-hybridized carbons (Fsp3) is 1.00. The molecule has 4 unspecified atom stereocenters. The Balaban J connectivity index is 2.57. The van der Waals surface area contributed by atoms with E-state index in [1.165, 1.54) is 14.2 Å². The minimum Gasteiger partial charge on any atom is -0.388 e. The molecule has 0 saturated carbocycles. The number of methoxy groups -OCH3 is 2. The normalized spacial score (nSPS) is 28.9. The summed E-state index contributed by atoms with van der Waals surface area (Å²) in [6, 6.07) is 0. The molecular formula is C11H22O6. The first-order valence-electron chi connectivity index (χ1n) is 5.61. The predicted molar refractivity (Wildman–Crippen MR) is 59.6 cm³/mol. The molecule has 2 N–H and O–H groups in total. The molecular weight excluding hydrogens is 228 g/mol. The quantitative estimate of drug-likeness (QED) is 0.663. The number of hydrogen-bond donors (Lipinski definition) is 2. The molecule has 1 aliphatic rings. The summed E-state index contributed by atoms with van der Waals surface area (Å²) in [6.07, 6.45) is -3.15. The Labute approximate surface area is 101 Å². The highest BCUT2D eigenvalue weighted by Gasteiger charge is 2.41. The van der Waals surface area contributed by atoms with Crippen LogP contribution in [0.4, 0.5) is 0 Å². The Hall–Kier alpha value is -0.240. The summed E-state index contributed by atoms with van der Waals surface area (Å²) in [7, 11) is 2.90. The van der Waals surface area contributed by atoms with E-state index in [1.54, 1.807) is 13.8 Å². The lowest BCUT2D eigenvalue weighted by atomic mass is 10.0. The fourth-order valence-corrected chi connectivity index (χ4v) is 1.88. The monoisotopic (exact) mass is 250 g/mol. The highest BCUT2D eigenvalue weighted by Crippen LogP contribution is 2.26. The van der Waals surface area contributed by atoms with Gasteiger partial charge in [-0.1, -0.05) is 0 Å². The van der Waals surface area contributed by atoms with E-state index >= 15 is 0 Å². The van der Waals surface area contributed by atoms with Gasteiger partial charge in [0.2, 0.25) is 0 Å². The van der Waals surface area contributed by atoms with Crippen LogP contribution in [-0.2, 0) is 18.9 Å². The average molecular weight is 250 g/mol. The molecule has 4 atom stereocenters. The van der Waals surface area contributed by atoms with E-state index < -0.39 is 30.2 Å². The van der Waals surface area contributed by atoms with Crippen molar-refractivity contribution in [2.45, 2.75) is 44.1 Å². The lowest BCUT2D eigenvalue weighted by molar-refractivity contribution is -0.175. The Morgan fingerprint density at radius 1 is 1.35 bits per heavy atom. The number of ether oxygens (including phenoxy) is 4. The minimum absolute atomic E-state index is 0.0898. The maximum Gasteiger partial charge on any atom is 0.163 e. The van der Waals surface area contributed by atoms with Gasteiger partial charge < -0.3 is 29.2 Å². The van der Waals surface area contributed by atoms with Crippen LogP contribution in [0.1, 0.15) is 13.8 Å². The molecule has 1 fully saturated rings. The van der Waals surface area contributed by atoms with Gasteiger partial charge in [0.05, 0.1) is 13.2 Å². The summed E-state index contributed by atoms with van der Waals surface area (Å²) < 4.78 is 20.8. The van der Waals surface area contributed by atoms with Crippen LogP contribution in [0.5, 0.6) is 0 Å². The Morgan fingerprint density at radius 3 is 2.41 bits per heavy atom. The van der Waals surface area contributed by atoms with Gasteiger partial charge in [-0.15, -0.1) is 0 Å². The molecule has 0 amide bonds. The van der Waals surface area contributed by atoms with Crippen molar-refractivity contribution >= 4 is 0 Å². The van der Waals surface area contributed by atoms with Crippen molar-refractivity contribution in [3.63, 3.8) is 0 Å². The van der Waals surface area contributed by atoms with E-state index in [0.717, 1.165) is 0 Å². The van der Waals surface area contributed by atoms with Gasteiger partial charge in [0, 0.05) is 14.2 Å². The van der Waals surface area contributed by atoms with E-state index in [-0.39, 0.29) is 13.2 Å². The molecule has 0 aromatic heterocycles. The second-order valence-corrected chi connectivity index (χ2v) is 4.58. The van der Waals surface area contributed by atoms with Gasteiger partial charge in [0.1, 0.15) is 24.4 Å². The first-order chi connectivity index (χ1) is 7.91. The number of aliphatic hydroxyl groups is 2. The molecule has 17 heavy (non-hydrogen) atoms. The van der Waals surface area contributed by atoms with Crippen LogP contribution in [0.2, 0.25) is 0 Å². The maximum atomic E-state index is 10.1. The number of rotatable bonds is 6. The van der Waals surface area contributed by atoms with Crippen molar-refractivity contribution in [2.24, 2.45) is 0 Å². The van der Waals surface area contributed by atoms with Crippen molar-refractivity contribution in [1.29, 1.82) is 0 Å². The van der Waals surface area contributed by atoms with Gasteiger partial charge in [-0.3, -0.25) is 0 Å². The van der Waals surface area contributed by atoms with Crippen LogP contribution in [0.15, 0.2) is 0 Å². The van der Waals surface area contributed by atoms with Gasteiger partial charge in [-0.25, -0.2) is 0 Å². The van der Waals surface area contributed by atoms with E-state index in [2.05, 4.69) is 0 Å². The average Bonchev–Trinajstić information content (AvgIpc) is 2.60. The number of aliphatic hydroxyl groups excluding tert-OH is 2. The van der Waals surface area contributed by atoms with E-state index in [1.807, 2.05) is 0 Å². The molecule has 1 saturated heterocycles. The van der Waals surface area contributed by atoms with E-state index in [0.29, 0.717) is 0 Å². The summed E-state index contributed by atoms with van der Waals surface area (Å²) >= 11 is 0. The summed E-state index contributed by atoms with van der Waals surface area (Å²) in [6.45, 7) is 3.90. The molecule has 0 radical (unpaired) electrons. The van der Waals surface area contributed by atoms with Gasteiger partial charge >= 0.3 is 0 Å². The smallest absolute Gasteiger partial charge is 0.163 e. The third-order valence-electron chi connectivity index (χ3n) is 2.74. The molecule has 1 aliphatic heterocycles. The SMILES string of the molecule is COCC(O)C(OC)C(O)C1COC(C)(C)O1. The first-order valence-corrected chi connectivity index (χ1v) is 5.61. The summed E-state index contributed by atoms with van der Waals surface area (Å²) in [4.78, 5) is 0. The van der Waals surface area contributed by atoms with Gasteiger partial charge in [0.15, 0.2) is 5.79 Å². The molecule has 0 spiro atoms. The fourth-order valence-electron chi connectivity index (χ4n) is 1.88. The Morgan fingerprint density at radius 2 is 2.00 bits per heavy atom. The second-order valence-electron chi connectivity index (χ2n) is 4.58. The van der Waals surface area contributed by atoms with Crippen LogP contribution in [0.25, 0.3) is 0 Å². The Kier molecular flexibility index (Phi) is 5.30. The minimum atomic E-state index is -0.966. The van der Waals surface area contributed by atoms with Crippen LogP contribution < -0.4 is 0 Å². The number of hydrogen-bond acceptors (Lipinski definition) is 6. The summed E-state index contributed by atoms with van der Waals surface area (Å²) in [5.41, 5.74) is 0. The van der Waals surface area contributed by atoms with Gasteiger partial charge in [-0.05, 0) is 13.8 Å². The topological polar surface area (TPSA) is 77.4 Å². The van der Waals surface area contributed by atoms with E-state index in [4.69, 9.17) is 18.9 Å². The predicted octanol–water partition coefficient (Wildman–Crippen LogP) is -0.479. The summed E-state index contributed by atoms with van der Waals surface area (Å²) in [5, 5.41) is 19.9. The zero-order chi connectivity index (χ0) is 13.1. The largest absolute Gasteiger partial charge is 0.388 e. The molecule has 0 bridgehead atoms. The molecule has 1 heterocycles. The lowest BCUT2D eigenvalue weighted by Gasteiger charge is -2.29. The van der Waals surface area contributed by atoms with Crippen LogP contribution in [0, 0.1) is 0 Å². The van der Waals surface area contributed by atoms with Crippen LogP contribution in [0.3, 0.4) is 0 Å². The molecule has 1 rings (SSSR count). The standard InChI is InChI=1S/C11H22O6/c1-11(2)16-6-8(17-11)9(13)10(15-4)7(12)5-14-3/h7-10,12-13H,5-6H2,1-4H3. The molecule has 0 aromatic carbocycles. The maximum absolute atomic E-state index is 10.1. The molecule has 102 valence electrons. The molecule has 0 aromatic rings. The van der Waals surface area contributed by atoms with Crippen molar-refractivity contribution < 1.29 is 29.2 Å². The highest BCUT2D eigenvalue weighted by molar-refractivity contribution is 4.86. The first kappa shape index (κ1) is 14.8. The molecule has 0 aliphatic carbocycles. The second kappa shape index (κ2) is 6.08. The Bertz CT molecular complexity index is 232. The zero-order valence-corrected chi connectivity index (χ0v) is 10.8. The highest BCUT2D eigenvalue weighted by atomic mass is 16.7. The third kappa shape index (κ3) is 3.87. The summed E-state index contributed by atoms with van der Waals surface area (Å²) in [5.74, 6) is -0.712. The van der Waals surface area contributed by atoms with Crippen molar-refractivity contribution in [3.8, 4) is 0 Å². The van der Waals surface area contributed by atoms with Crippen molar-refractivity contribution in [2.75, 3.05) is 27.4 Å². The lowest BCUT2D eigenvalue weighted by Crippen LogP contribution is -2.48. The van der Waals surface area contributed by atoms with Crippen molar-refractivity contribution in [3.05, 3.63) is 0 Å². The van der Waals surface area contributed by atoms with Crippen molar-refractivity contribution in [1.82, 2.24) is 0 Å². The zero-order valence-electron chi connectivity index (χ0n) is 10.8. The van der Waals surface area contributed by atoms with Gasteiger partial charge in [0.25, 0.3) is 0 Å². The van der Waals surface area contributed by atoms with E-state index in [9.17, 15) is 10.2 Å². The van der Waals surface area contributed by atoms with Gasteiger partial charge in [-0.2, -0.15) is 0 Å². The van der Waals surface area contributed by atoms with Crippen LogP contribution >= 0.6 is 0 Å². The third-order valence-corrected chi connectivity index (χ3v) is 2.74. The molecule has 6 nitrogen and oxygen atoms in total. The van der Waals surface area contributed by atoms with Crippen LogP contribution in [-0.4, -0.2) is 67.8 Å².